The van der Waals surface area contributed by atoms with E-state index in [1.54, 1.807) is 31.4 Å². The number of nitrogens with zero attached hydrogens (tertiary/aromatic N) is 2. The van der Waals surface area contributed by atoms with Gasteiger partial charge in [-0.15, -0.1) is 0 Å². The third-order valence-electron chi connectivity index (χ3n) is 5.84. The van der Waals surface area contributed by atoms with E-state index in [1.165, 1.54) is 11.9 Å². The number of nitrogens with one attached hydrogen (secondary N) is 1. The highest BCUT2D eigenvalue weighted by Gasteiger charge is 2.31. The minimum atomic E-state index is -3.77. The highest BCUT2D eigenvalue weighted by Crippen LogP contribution is 2.26. The molecule has 2 aromatic carbocycles. The molecular weight excluding hydrogens is 466 g/mol. The van der Waals surface area contributed by atoms with Crippen LogP contribution in [0.1, 0.15) is 45.2 Å². The van der Waals surface area contributed by atoms with Crippen LogP contribution in [-0.4, -0.2) is 58.1 Å². The van der Waals surface area contributed by atoms with Gasteiger partial charge in [0.25, 0.3) is 0 Å². The molecule has 35 heavy (non-hydrogen) atoms. The average molecular weight is 504 g/mol. The molecule has 0 aliphatic carbocycles. The number of rotatable bonds is 10. The second-order valence-corrected chi connectivity index (χ2v) is 11.4. The van der Waals surface area contributed by atoms with Crippen molar-refractivity contribution in [3.8, 4) is 5.75 Å². The fourth-order valence-corrected chi connectivity index (χ4v) is 4.60. The molecule has 2 aromatic rings. The Labute approximate surface area is 209 Å². The van der Waals surface area contributed by atoms with Crippen molar-refractivity contribution in [3.05, 3.63) is 59.7 Å². The standard InChI is InChI=1S/C26H37N3O5S/c1-8-23(25(31)27-5)28(17-19-9-15-22(34-6)16-10-19)24(30)18-29(35(7,32)33)21-13-11-20(12-14-21)26(2,3)4/h9-16,23H,8,17-18H2,1-7H3,(H,27,31)/t23-/m0/s1. The van der Waals surface area contributed by atoms with Crippen molar-refractivity contribution < 1.29 is 22.7 Å². The predicted octanol–water partition coefficient (Wildman–Crippen LogP) is 3.31. The Morgan fingerprint density at radius 2 is 1.60 bits per heavy atom. The van der Waals surface area contributed by atoms with Gasteiger partial charge in [-0.25, -0.2) is 8.42 Å². The molecule has 0 unspecified atom stereocenters. The van der Waals surface area contributed by atoms with E-state index in [2.05, 4.69) is 26.1 Å². The second kappa shape index (κ2) is 11.6. The number of amides is 2. The molecule has 9 heteroatoms. The van der Waals surface area contributed by atoms with Gasteiger partial charge in [-0.3, -0.25) is 13.9 Å². The van der Waals surface area contributed by atoms with Crippen molar-refractivity contribution in [1.29, 1.82) is 0 Å². The minimum Gasteiger partial charge on any atom is -0.497 e. The lowest BCUT2D eigenvalue weighted by molar-refractivity contribution is -0.140. The van der Waals surface area contributed by atoms with E-state index in [0.29, 0.717) is 17.9 Å². The Bertz CT molecular complexity index is 1110. The van der Waals surface area contributed by atoms with Crippen LogP contribution >= 0.6 is 0 Å². The Balaban J connectivity index is 2.41. The molecule has 0 saturated heterocycles. The molecule has 0 spiro atoms. The van der Waals surface area contributed by atoms with Crippen LogP contribution < -0.4 is 14.4 Å². The molecule has 0 bridgehead atoms. The molecule has 2 rings (SSSR count). The first-order valence-electron chi connectivity index (χ1n) is 11.5. The van der Waals surface area contributed by atoms with Crippen molar-refractivity contribution in [2.45, 2.75) is 52.1 Å². The maximum Gasteiger partial charge on any atom is 0.244 e. The van der Waals surface area contributed by atoms with E-state index in [1.807, 2.05) is 31.2 Å². The lowest BCUT2D eigenvalue weighted by Crippen LogP contribution is -2.51. The number of likely N-dealkylation sites (N-methyl/N-ethyl adjacent to an activating group) is 1. The van der Waals surface area contributed by atoms with Crippen molar-refractivity contribution in [3.63, 3.8) is 0 Å². The van der Waals surface area contributed by atoms with E-state index in [-0.39, 0.29) is 17.9 Å². The summed E-state index contributed by atoms with van der Waals surface area (Å²) in [6, 6.07) is 13.6. The van der Waals surface area contributed by atoms with Crippen molar-refractivity contribution in [2.75, 3.05) is 31.3 Å². The number of sulfonamides is 1. The maximum atomic E-state index is 13.6. The van der Waals surface area contributed by atoms with Crippen molar-refractivity contribution >= 4 is 27.5 Å². The van der Waals surface area contributed by atoms with E-state index in [0.717, 1.165) is 21.7 Å². The summed E-state index contributed by atoms with van der Waals surface area (Å²) in [7, 11) is -0.685. The van der Waals surface area contributed by atoms with Gasteiger partial charge in [-0.05, 0) is 47.2 Å². The largest absolute Gasteiger partial charge is 0.497 e. The van der Waals surface area contributed by atoms with E-state index in [9.17, 15) is 18.0 Å². The smallest absolute Gasteiger partial charge is 0.244 e. The molecule has 2 amide bonds. The molecule has 0 aromatic heterocycles. The summed E-state index contributed by atoms with van der Waals surface area (Å²) in [6.07, 6.45) is 1.45. The van der Waals surface area contributed by atoms with Gasteiger partial charge in [-0.1, -0.05) is 52.0 Å². The van der Waals surface area contributed by atoms with E-state index < -0.39 is 28.5 Å². The number of hydrogen-bond donors (Lipinski definition) is 1. The van der Waals surface area contributed by atoms with Gasteiger partial charge >= 0.3 is 0 Å². The van der Waals surface area contributed by atoms with Crippen LogP contribution in [0.25, 0.3) is 0 Å². The number of methoxy groups -OCH3 is 1. The third-order valence-corrected chi connectivity index (χ3v) is 6.99. The zero-order valence-corrected chi connectivity index (χ0v) is 22.5. The van der Waals surface area contributed by atoms with Crippen molar-refractivity contribution in [1.82, 2.24) is 10.2 Å². The third kappa shape index (κ3) is 7.45. The molecule has 0 saturated carbocycles. The van der Waals surface area contributed by atoms with Gasteiger partial charge in [0.15, 0.2) is 0 Å². The van der Waals surface area contributed by atoms with Gasteiger partial charge in [0.05, 0.1) is 19.1 Å². The Hall–Kier alpha value is -3.07. The summed E-state index contributed by atoms with van der Waals surface area (Å²) in [6.45, 7) is 7.75. The van der Waals surface area contributed by atoms with Gasteiger partial charge < -0.3 is 15.0 Å². The second-order valence-electron chi connectivity index (χ2n) is 9.47. The molecule has 1 N–H and O–H groups in total. The molecule has 192 valence electrons. The first-order chi connectivity index (χ1) is 16.3. The lowest BCUT2D eigenvalue weighted by atomic mass is 9.87. The fraction of sp³-hybridized carbons (Fsp3) is 0.462. The topological polar surface area (TPSA) is 96.0 Å². The Kier molecular flexibility index (Phi) is 9.31. The molecule has 1 atom stereocenters. The van der Waals surface area contributed by atoms with Crippen LogP contribution in [0.4, 0.5) is 5.69 Å². The SMILES string of the molecule is CC[C@@H](C(=O)NC)N(Cc1ccc(OC)cc1)C(=O)CN(c1ccc(C(C)(C)C)cc1)S(C)(=O)=O. The van der Waals surface area contributed by atoms with Crippen molar-refractivity contribution in [2.24, 2.45) is 0 Å². The monoisotopic (exact) mass is 503 g/mol. The number of anilines is 1. The molecule has 0 aliphatic rings. The highest BCUT2D eigenvalue weighted by atomic mass is 32.2. The molecular formula is C26H37N3O5S. The molecule has 0 radical (unpaired) electrons. The van der Waals surface area contributed by atoms with Crippen LogP contribution in [0, 0.1) is 0 Å². The molecule has 0 fully saturated rings. The number of carbonyl (C=O) groups excluding carboxylic acids is 2. The summed E-state index contributed by atoms with van der Waals surface area (Å²) in [5, 5.41) is 2.61. The quantitative estimate of drug-likeness (QED) is 0.537. The Morgan fingerprint density at radius 1 is 1.03 bits per heavy atom. The summed E-state index contributed by atoms with van der Waals surface area (Å²) in [5.74, 6) is -0.108. The lowest BCUT2D eigenvalue weighted by Gasteiger charge is -2.32. The Morgan fingerprint density at radius 3 is 2.03 bits per heavy atom. The van der Waals surface area contributed by atoms with Crippen LogP contribution in [0.2, 0.25) is 0 Å². The number of hydrogen-bond acceptors (Lipinski definition) is 5. The highest BCUT2D eigenvalue weighted by molar-refractivity contribution is 7.92. The number of carbonyl (C=O) groups is 2. The number of benzene rings is 2. The van der Waals surface area contributed by atoms with Crippen LogP contribution in [-0.2, 0) is 31.6 Å². The molecule has 0 aliphatic heterocycles. The predicted molar refractivity (Wildman–Crippen MR) is 139 cm³/mol. The van der Waals surface area contributed by atoms with Crippen LogP contribution in [0.5, 0.6) is 5.75 Å². The van der Waals surface area contributed by atoms with E-state index >= 15 is 0 Å². The van der Waals surface area contributed by atoms with Gasteiger partial charge in [0, 0.05) is 13.6 Å². The maximum absolute atomic E-state index is 13.6. The van der Waals surface area contributed by atoms with Gasteiger partial charge in [-0.2, -0.15) is 0 Å². The summed E-state index contributed by atoms with van der Waals surface area (Å²) in [4.78, 5) is 27.6. The zero-order valence-electron chi connectivity index (χ0n) is 21.7. The normalized spacial score (nSPS) is 12.5. The molecule has 8 nitrogen and oxygen atoms in total. The average Bonchev–Trinajstić information content (AvgIpc) is 2.81. The summed E-state index contributed by atoms with van der Waals surface area (Å²) in [5.41, 5.74) is 2.14. The summed E-state index contributed by atoms with van der Waals surface area (Å²) < 4.78 is 31.7. The zero-order chi connectivity index (χ0) is 26.4. The molecule has 0 heterocycles. The fourth-order valence-electron chi connectivity index (χ4n) is 3.76. The van der Waals surface area contributed by atoms with Crippen LogP contribution in [0.15, 0.2) is 48.5 Å². The van der Waals surface area contributed by atoms with Gasteiger partial charge in [0.1, 0.15) is 18.3 Å². The number of ether oxygens (including phenoxy) is 1. The first kappa shape index (κ1) is 28.2. The summed E-state index contributed by atoms with van der Waals surface area (Å²) >= 11 is 0. The first-order valence-corrected chi connectivity index (χ1v) is 13.4. The van der Waals surface area contributed by atoms with E-state index in [4.69, 9.17) is 4.74 Å². The minimum absolute atomic E-state index is 0.0959. The van der Waals surface area contributed by atoms with Crippen LogP contribution in [0.3, 0.4) is 0 Å². The van der Waals surface area contributed by atoms with Gasteiger partial charge in [0.2, 0.25) is 21.8 Å².